The van der Waals surface area contributed by atoms with Gasteiger partial charge in [0.1, 0.15) is 116 Å². The molecule has 123 heavy (non-hydrogen) atoms. The van der Waals surface area contributed by atoms with Crippen molar-refractivity contribution < 1.29 is 168 Å². The number of carbonyl (C=O) groups is 16. The minimum atomic E-state index is -0.786. The molecule has 0 bridgehead atoms. The van der Waals surface area contributed by atoms with Crippen LogP contribution in [0.25, 0.3) is 0 Å². The van der Waals surface area contributed by atoms with E-state index >= 15 is 0 Å². The summed E-state index contributed by atoms with van der Waals surface area (Å²) in [6.45, 7) is 37.7. The average Bonchev–Trinajstić information content (AvgIpc) is 1.66. The number of nitrogens with zero attached hydrogens (tertiary/aromatic N) is 2. The van der Waals surface area contributed by atoms with Crippen molar-refractivity contribution in [2.75, 3.05) is 44.5 Å². The van der Waals surface area contributed by atoms with E-state index in [1.165, 1.54) is 76.2 Å². The third-order valence-electron chi connectivity index (χ3n) is 20.4. The summed E-state index contributed by atoms with van der Waals surface area (Å²) in [6.07, 6.45) is -0.415. The summed E-state index contributed by atoms with van der Waals surface area (Å²) in [5.41, 5.74) is -0.666. The summed E-state index contributed by atoms with van der Waals surface area (Å²) in [4.78, 5) is 187. The molecule has 37 nitrogen and oxygen atoms in total. The number of aliphatic imine (C=N–C) groups is 1. The topological polar surface area (TPSA) is 486 Å². The van der Waals surface area contributed by atoms with Gasteiger partial charge in [0.15, 0.2) is 0 Å². The lowest BCUT2D eigenvalue weighted by Crippen LogP contribution is -2.53. The maximum absolute atomic E-state index is 11.9. The van der Waals surface area contributed by atoms with Gasteiger partial charge in [0, 0.05) is 144 Å². The van der Waals surface area contributed by atoms with E-state index in [1.54, 1.807) is 41.4 Å². The summed E-state index contributed by atoms with van der Waals surface area (Å²) in [5.74, 6) is -5.94. The lowest BCUT2D eigenvalue weighted by atomic mass is 9.84. The molecule has 7 heterocycles. The second-order valence-corrected chi connectivity index (χ2v) is 34.7. The molecule has 6 fully saturated rings. The number of esters is 11. The summed E-state index contributed by atoms with van der Waals surface area (Å²) >= 11 is 9.11. The van der Waals surface area contributed by atoms with E-state index in [0.29, 0.717) is 36.5 Å². The van der Waals surface area contributed by atoms with E-state index in [0.717, 1.165) is 17.2 Å². The van der Waals surface area contributed by atoms with Crippen LogP contribution in [-0.4, -0.2) is 255 Å². The highest BCUT2D eigenvalue weighted by molar-refractivity contribution is 8.14. The van der Waals surface area contributed by atoms with E-state index in [1.807, 2.05) is 69.2 Å². The molecule has 0 aliphatic carbocycles. The maximum Gasteiger partial charge on any atom is 0.333 e. The van der Waals surface area contributed by atoms with Crippen LogP contribution in [-0.2, 0) is 157 Å². The third kappa shape index (κ3) is 41.6. The van der Waals surface area contributed by atoms with Crippen molar-refractivity contribution in [1.29, 1.82) is 0 Å². The molecule has 25 atom stereocenters. The molecule has 2 amide bonds. The fraction of sp³-hybridized carbons (Fsp3) is 0.768. The van der Waals surface area contributed by atoms with Crippen LogP contribution >= 0.6 is 47.9 Å². The Bertz CT molecular complexity index is 3520. The number of amides is 2. The van der Waals surface area contributed by atoms with Crippen molar-refractivity contribution in [3.63, 3.8) is 0 Å². The van der Waals surface area contributed by atoms with E-state index in [2.05, 4.69) is 24.2 Å². The Labute approximate surface area is 737 Å². The van der Waals surface area contributed by atoms with Crippen LogP contribution in [0.2, 0.25) is 0 Å². The number of allylic oxidation sites excluding steroid dienone is 1. The monoisotopic (exact) mass is 1830 g/mol. The Morgan fingerprint density at radius 2 is 0.756 bits per heavy atom. The Morgan fingerprint density at radius 1 is 0.431 bits per heavy atom. The zero-order valence-electron chi connectivity index (χ0n) is 74.2. The average molecular weight is 1830 g/mol. The Morgan fingerprint density at radius 3 is 1.10 bits per heavy atom. The normalized spacial score (nSPS) is 30.2. The quantitative estimate of drug-likeness (QED) is 0.0141. The van der Waals surface area contributed by atoms with E-state index in [4.69, 9.17) is 90.8 Å². The number of carbonyl (C=O) groups excluding carboxylic acids is 14. The predicted octanol–water partition coefficient (Wildman–Crippen LogP) is 9.32. The number of hydrogen-bond donors (Lipinski definition) is 3. The van der Waals surface area contributed by atoms with Crippen molar-refractivity contribution in [3.8, 4) is 0 Å². The second kappa shape index (κ2) is 57.1. The molecule has 0 spiro atoms. The van der Waals surface area contributed by atoms with Gasteiger partial charge in [-0.05, 0) is 68.3 Å². The van der Waals surface area contributed by atoms with Gasteiger partial charge in [0.2, 0.25) is 6.29 Å². The van der Waals surface area contributed by atoms with Crippen molar-refractivity contribution in [2.45, 2.75) is 305 Å². The van der Waals surface area contributed by atoms with Crippen LogP contribution in [0.15, 0.2) is 17.6 Å². The number of thioether (sulfide) groups is 3. The predicted molar refractivity (Wildman–Crippen MR) is 446 cm³/mol. The maximum atomic E-state index is 11.9. The van der Waals surface area contributed by atoms with Crippen LogP contribution < -0.4 is 0 Å². The number of unbranched alkanes of at least 4 members (excludes halogenated alkanes) is 2. The molecule has 6 saturated heterocycles. The number of ether oxygens (including phenoxy) is 16. The van der Waals surface area contributed by atoms with Gasteiger partial charge >= 0.3 is 83.6 Å². The van der Waals surface area contributed by atoms with Crippen LogP contribution in [0.1, 0.15) is 210 Å². The van der Waals surface area contributed by atoms with Crippen molar-refractivity contribution >= 4 is 148 Å². The fourth-order valence-electron chi connectivity index (χ4n) is 13.3. The first kappa shape index (κ1) is 111. The minimum absolute atomic E-state index is 0.00117. The number of carboxylic acids is 2. The van der Waals surface area contributed by atoms with Gasteiger partial charge in [-0.15, -0.1) is 47.8 Å². The molecular weight excluding hydrogens is 1700 g/mol. The first-order valence-corrected chi connectivity index (χ1v) is 44.2. The summed E-state index contributed by atoms with van der Waals surface area (Å²) in [7, 11) is 0. The van der Waals surface area contributed by atoms with E-state index in [9.17, 15) is 76.7 Å². The minimum Gasteiger partial charge on any atom is -0.481 e. The molecule has 7 aliphatic heterocycles. The molecule has 700 valence electrons. The molecule has 41 heteroatoms. The standard InChI is InChI=1S/C21H31NO9S.C17H28O7S.C14H22O7.C13H19NO5S.C12H20O5S.C5H8O2/c1-12-13(2)21(30-16(11-28-14(3)23)20(12)29-15(4)24)32-10-6-5-7-19(27)31-22-17(25)8-9-18(22)26;1-10-11(2)17(25-8-6-5-7-15(20)21)24-14(9-22-12(3)18)16(10)23-13(4)19;1-7-8(2)14(20-11(5)17)21-12(6-18-9(3)15)13(7)19-10(4)16;1-6-11-13(20-7(2)14-11)19-10(5-17-8(3)15)12(6)18-9(4)16;1-6-7(2)12(18)17-10(5-15-8(3)13)11(6)16-9(4)14;1-2-3-4-5(6)7/h12-13,16,20-21H,5-11H2,1-4H3;10-11,14,16-17H,5-9H2,1-4H3,(H,20,21);7-8,12-14H,6H2,1-5H3;6,10-13H,5H2,1-4H3;6-7,10-12,18H,5H2,1-4H3;2H,1,3-4H2,(H,6,7). The van der Waals surface area contributed by atoms with Crippen LogP contribution in [0.4, 0.5) is 0 Å². The highest BCUT2D eigenvalue weighted by atomic mass is 32.2. The number of fused-ring (bicyclic) bond motifs is 1. The van der Waals surface area contributed by atoms with Gasteiger partial charge in [-0.3, -0.25) is 76.9 Å². The Balaban J connectivity index is 0.000000517. The number of carboxylic acid groups (broad SMARTS) is 2. The van der Waals surface area contributed by atoms with Gasteiger partial charge in [0.25, 0.3) is 11.8 Å². The van der Waals surface area contributed by atoms with Crippen molar-refractivity contribution in [3.05, 3.63) is 12.7 Å². The molecule has 2 N–H and O–H groups in total. The molecule has 0 aromatic heterocycles. The highest BCUT2D eigenvalue weighted by Crippen LogP contribution is 2.43. The number of rotatable bonds is 32. The number of hydroxylamine groups is 2. The Hall–Kier alpha value is -7.67. The molecule has 0 aromatic carbocycles. The van der Waals surface area contributed by atoms with Gasteiger partial charge < -0.3 is 90.8 Å². The molecule has 0 radical (unpaired) electrons. The number of hydrogen-bond acceptors (Lipinski definition) is 38. The molecular formula is C82H128N2O35S4. The Kier molecular flexibility index (Phi) is 51.7. The zero-order chi connectivity index (χ0) is 93.4. The largest absolute Gasteiger partial charge is 0.481 e. The van der Waals surface area contributed by atoms with Gasteiger partial charge in [0.05, 0.1) is 11.1 Å². The number of aliphatic carboxylic acids is 2. The number of thiol groups is 1. The molecule has 25 unspecified atom stereocenters. The summed E-state index contributed by atoms with van der Waals surface area (Å²) in [6, 6.07) is -0.0297. The van der Waals surface area contributed by atoms with Gasteiger partial charge in [-0.25, -0.2) is 4.79 Å². The van der Waals surface area contributed by atoms with Crippen LogP contribution in [0, 0.1) is 53.3 Å². The van der Waals surface area contributed by atoms with Crippen LogP contribution in [0.5, 0.6) is 0 Å². The zero-order valence-corrected chi connectivity index (χ0v) is 77.5. The lowest BCUT2D eigenvalue weighted by molar-refractivity contribution is -0.265. The van der Waals surface area contributed by atoms with Gasteiger partial charge in [-0.2, -0.15) is 0 Å². The summed E-state index contributed by atoms with van der Waals surface area (Å²) < 4.78 is 86.3. The van der Waals surface area contributed by atoms with Crippen molar-refractivity contribution in [1.82, 2.24) is 5.06 Å². The SMILES string of the molecule is C=CCCC(=O)O.CC(=O)OCC1OC(OC(C)=O)C(C)C(C)C1OC(C)=O.CC(=O)OCC1OC(S)C(C)C(C)C1OC(C)=O.CC(=O)OCC1OC(SCCCCC(=O)O)C(C)C(C)C1OC(C)=O.CC(=O)OCC1OC(SCCCCC(=O)ON2C(=O)CCC2=O)C(C)C(C)C1OC(C)=O.CC(=O)OCC1OC2SC(C)=NC2C(C)C1OC(C)=O. The highest BCUT2D eigenvalue weighted by Gasteiger charge is 2.51. The summed E-state index contributed by atoms with van der Waals surface area (Å²) in [5, 5.41) is 18.2. The van der Waals surface area contributed by atoms with Crippen molar-refractivity contribution in [2.24, 2.45) is 58.3 Å². The van der Waals surface area contributed by atoms with Crippen LogP contribution in [0.3, 0.4) is 0 Å². The smallest absolute Gasteiger partial charge is 0.333 e. The molecule has 0 saturated carbocycles. The molecule has 7 aliphatic rings. The second-order valence-electron chi connectivity index (χ2n) is 30.5. The molecule has 7 rings (SSSR count). The first-order valence-electron chi connectivity index (χ1n) is 40.7. The molecule has 0 aromatic rings. The number of imide groups is 1. The third-order valence-corrected chi connectivity index (χ3v) is 24.8. The first-order chi connectivity index (χ1) is 57.5. The van der Waals surface area contributed by atoms with E-state index in [-0.39, 0.29) is 176 Å². The lowest BCUT2D eigenvalue weighted by Gasteiger charge is -2.43. The fourth-order valence-corrected chi connectivity index (χ4v) is 17.6. The van der Waals surface area contributed by atoms with Gasteiger partial charge in [-0.1, -0.05) is 80.2 Å². The van der Waals surface area contributed by atoms with E-state index < -0.39 is 133 Å².